The normalized spacial score (nSPS) is 20.1. The van der Waals surface area contributed by atoms with Crippen LogP contribution in [0.5, 0.6) is 0 Å². The zero-order valence-corrected chi connectivity index (χ0v) is 14.8. The van der Waals surface area contributed by atoms with Gasteiger partial charge >= 0.3 is 11.9 Å². The fourth-order valence-electron chi connectivity index (χ4n) is 3.40. The van der Waals surface area contributed by atoms with Crippen molar-refractivity contribution in [1.29, 1.82) is 0 Å². The van der Waals surface area contributed by atoms with E-state index in [4.69, 9.17) is 5.11 Å². The molecule has 0 spiro atoms. The monoisotopic (exact) mass is 389 g/mol. The van der Waals surface area contributed by atoms with Gasteiger partial charge in [-0.3, -0.25) is 29.1 Å². The summed E-state index contributed by atoms with van der Waals surface area (Å²) in [4.78, 5) is 60.8. The summed E-state index contributed by atoms with van der Waals surface area (Å²) in [5.41, 5.74) is 2.86. The molecule has 0 aliphatic carbocycles. The summed E-state index contributed by atoms with van der Waals surface area (Å²) < 4.78 is 0. The van der Waals surface area contributed by atoms with Gasteiger partial charge in [0.15, 0.2) is 0 Å². The first-order chi connectivity index (χ1) is 13.3. The van der Waals surface area contributed by atoms with Gasteiger partial charge in [-0.25, -0.2) is 10.2 Å². The first-order valence-corrected chi connectivity index (χ1v) is 8.80. The van der Waals surface area contributed by atoms with Crippen LogP contribution in [0.25, 0.3) is 0 Å². The molecule has 10 heteroatoms. The highest BCUT2D eigenvalue weighted by molar-refractivity contribution is 6.22. The first-order valence-electron chi connectivity index (χ1n) is 8.80. The second-order valence-electron chi connectivity index (χ2n) is 6.63. The molecule has 28 heavy (non-hydrogen) atoms. The van der Waals surface area contributed by atoms with E-state index in [0.717, 1.165) is 5.01 Å². The number of aliphatic carboxylic acids is 2. The van der Waals surface area contributed by atoms with Crippen LogP contribution >= 0.6 is 0 Å². The molecule has 3 N–H and O–H groups in total. The van der Waals surface area contributed by atoms with Crippen molar-refractivity contribution in [1.82, 2.24) is 15.3 Å². The van der Waals surface area contributed by atoms with E-state index in [1.165, 1.54) is 12.1 Å². The molecule has 148 valence electrons. The molecule has 3 amide bonds. The van der Waals surface area contributed by atoms with Gasteiger partial charge in [-0.15, -0.1) is 0 Å². The van der Waals surface area contributed by atoms with Crippen LogP contribution < -0.4 is 5.43 Å². The summed E-state index contributed by atoms with van der Waals surface area (Å²) in [5.74, 6) is -4.37. The minimum absolute atomic E-state index is 0.132. The molecule has 1 saturated heterocycles. The number of hydrogen-bond acceptors (Lipinski definition) is 6. The Morgan fingerprint density at radius 3 is 2.25 bits per heavy atom. The zero-order valence-electron chi connectivity index (χ0n) is 14.8. The molecule has 3 rings (SSSR count). The molecule has 2 unspecified atom stereocenters. The molecule has 2 aliphatic heterocycles. The Labute approximate surface area is 159 Å². The van der Waals surface area contributed by atoms with E-state index in [1.54, 1.807) is 12.1 Å². The quantitative estimate of drug-likeness (QED) is 0.581. The van der Waals surface area contributed by atoms with Gasteiger partial charge < -0.3 is 10.2 Å². The maximum Gasteiger partial charge on any atom is 0.326 e. The second kappa shape index (κ2) is 7.77. The molecule has 1 aromatic carbocycles. The summed E-state index contributed by atoms with van der Waals surface area (Å²) in [6.07, 6.45) is 0.349. The lowest BCUT2D eigenvalue weighted by Gasteiger charge is -2.32. The third kappa shape index (κ3) is 3.58. The Balaban J connectivity index is 1.69. The van der Waals surface area contributed by atoms with Crippen LogP contribution in [0, 0.1) is 0 Å². The Morgan fingerprint density at radius 2 is 1.71 bits per heavy atom. The van der Waals surface area contributed by atoms with E-state index in [0.29, 0.717) is 24.3 Å². The van der Waals surface area contributed by atoms with Crippen molar-refractivity contribution in [2.75, 3.05) is 6.54 Å². The average molecular weight is 389 g/mol. The molecule has 2 atom stereocenters. The Bertz CT molecular complexity index is 818. The minimum Gasteiger partial charge on any atom is -0.480 e. The topological polar surface area (TPSA) is 144 Å². The second-order valence-corrected chi connectivity index (χ2v) is 6.63. The number of rotatable bonds is 6. The molecule has 2 heterocycles. The van der Waals surface area contributed by atoms with Crippen LogP contribution in [0.1, 0.15) is 46.4 Å². The Hall–Kier alpha value is -3.27. The van der Waals surface area contributed by atoms with E-state index in [2.05, 4.69) is 5.43 Å². The fraction of sp³-hybridized carbons (Fsp3) is 0.389. The number of carboxylic acid groups (broad SMARTS) is 2. The van der Waals surface area contributed by atoms with E-state index >= 15 is 0 Å². The summed E-state index contributed by atoms with van der Waals surface area (Å²) in [7, 11) is 0. The number of hydrazine groups is 1. The summed E-state index contributed by atoms with van der Waals surface area (Å²) in [6.45, 7) is 0.299. The van der Waals surface area contributed by atoms with Gasteiger partial charge in [-0.05, 0) is 31.4 Å². The number of carbonyl (C=O) groups is 5. The number of amides is 3. The van der Waals surface area contributed by atoms with Crippen LogP contribution in [0.4, 0.5) is 0 Å². The first kappa shape index (κ1) is 19.5. The number of hydrogen-bond donors (Lipinski definition) is 3. The van der Waals surface area contributed by atoms with E-state index in [9.17, 15) is 29.1 Å². The van der Waals surface area contributed by atoms with Crippen molar-refractivity contribution in [2.24, 2.45) is 0 Å². The van der Waals surface area contributed by atoms with Crippen molar-refractivity contribution in [3.63, 3.8) is 0 Å². The third-order valence-corrected chi connectivity index (χ3v) is 4.84. The number of fused-ring (bicyclic) bond motifs is 1. The summed E-state index contributed by atoms with van der Waals surface area (Å²) in [6, 6.07) is 3.68. The van der Waals surface area contributed by atoms with E-state index in [1.807, 2.05) is 0 Å². The zero-order chi connectivity index (χ0) is 20.4. The van der Waals surface area contributed by atoms with Crippen molar-refractivity contribution in [2.45, 2.75) is 37.8 Å². The number of nitrogens with zero attached hydrogens (tertiary/aromatic N) is 2. The van der Waals surface area contributed by atoms with Crippen molar-refractivity contribution < 1.29 is 34.2 Å². The molecular formula is C18H19N3O7. The van der Waals surface area contributed by atoms with Gasteiger partial charge in [0, 0.05) is 13.0 Å². The average Bonchev–Trinajstić information content (AvgIpc) is 2.93. The van der Waals surface area contributed by atoms with Gasteiger partial charge in [0.25, 0.3) is 11.8 Å². The minimum atomic E-state index is -1.49. The van der Waals surface area contributed by atoms with Crippen molar-refractivity contribution in [3.8, 4) is 0 Å². The summed E-state index contributed by atoms with van der Waals surface area (Å²) >= 11 is 0. The molecule has 1 aromatic rings. The number of carbonyl (C=O) groups excluding carboxylic acids is 3. The van der Waals surface area contributed by atoms with E-state index < -0.39 is 41.7 Å². The lowest BCUT2D eigenvalue weighted by atomic mass is 10.1. The van der Waals surface area contributed by atoms with Crippen molar-refractivity contribution in [3.05, 3.63) is 35.4 Å². The number of carboxylic acids is 2. The number of nitrogens with one attached hydrogen (secondary N) is 1. The molecular weight excluding hydrogens is 370 g/mol. The van der Waals surface area contributed by atoms with Gasteiger partial charge in [0.2, 0.25) is 5.91 Å². The van der Waals surface area contributed by atoms with Gasteiger partial charge in [-0.1, -0.05) is 12.1 Å². The predicted molar refractivity (Wildman–Crippen MR) is 93.1 cm³/mol. The third-order valence-electron chi connectivity index (χ3n) is 4.84. The molecule has 0 saturated carbocycles. The molecule has 10 nitrogen and oxygen atoms in total. The van der Waals surface area contributed by atoms with Crippen LogP contribution in [0.2, 0.25) is 0 Å². The molecule has 0 bridgehead atoms. The van der Waals surface area contributed by atoms with Crippen LogP contribution in [-0.2, 0) is 14.4 Å². The van der Waals surface area contributed by atoms with E-state index in [-0.39, 0.29) is 24.0 Å². The molecule has 1 fully saturated rings. The largest absolute Gasteiger partial charge is 0.480 e. The van der Waals surface area contributed by atoms with Gasteiger partial charge in [-0.2, -0.15) is 0 Å². The molecule has 2 aliphatic rings. The maximum absolute atomic E-state index is 12.5. The lowest BCUT2D eigenvalue weighted by molar-refractivity contribution is -0.147. The SMILES string of the molecule is O=C(O)C1CCCN(C(=O)CCC(C(=O)O)N2C(=O)c3ccccc3C2=O)N1. The van der Waals surface area contributed by atoms with Crippen molar-refractivity contribution >= 4 is 29.7 Å². The molecule has 0 aromatic heterocycles. The highest BCUT2D eigenvalue weighted by atomic mass is 16.4. The Morgan fingerprint density at radius 1 is 1.11 bits per heavy atom. The highest BCUT2D eigenvalue weighted by Gasteiger charge is 2.43. The number of imide groups is 1. The fourth-order valence-corrected chi connectivity index (χ4v) is 3.40. The number of benzene rings is 1. The maximum atomic E-state index is 12.5. The van der Waals surface area contributed by atoms with Gasteiger partial charge in [0.05, 0.1) is 11.1 Å². The van der Waals surface area contributed by atoms with Crippen LogP contribution in [0.3, 0.4) is 0 Å². The predicted octanol–water partition coefficient (Wildman–Crippen LogP) is 0.0962. The standard InChI is InChI=1S/C18H19N3O7/c22-14(20-9-3-6-12(19-20)17(25)26)8-7-13(18(27)28)21-15(23)10-4-1-2-5-11(10)16(21)24/h1-2,4-5,12-13,19H,3,6-9H2,(H,25,26)(H,27,28). The van der Waals surface area contributed by atoms with Crippen LogP contribution in [-0.4, -0.2) is 68.4 Å². The lowest BCUT2D eigenvalue weighted by Crippen LogP contribution is -2.55. The van der Waals surface area contributed by atoms with Crippen LogP contribution in [0.15, 0.2) is 24.3 Å². The summed E-state index contributed by atoms with van der Waals surface area (Å²) in [5, 5.41) is 19.7. The Kier molecular flexibility index (Phi) is 5.41. The highest BCUT2D eigenvalue weighted by Crippen LogP contribution is 2.26. The molecule has 0 radical (unpaired) electrons. The smallest absolute Gasteiger partial charge is 0.326 e. The van der Waals surface area contributed by atoms with Gasteiger partial charge in [0.1, 0.15) is 12.1 Å².